The van der Waals surface area contributed by atoms with Gasteiger partial charge in [0.1, 0.15) is 0 Å². The van der Waals surface area contributed by atoms with E-state index >= 15 is 0 Å². The van der Waals surface area contributed by atoms with Crippen LogP contribution in [-0.4, -0.2) is 18.0 Å². The lowest BCUT2D eigenvalue weighted by Crippen LogP contribution is -2.40. The zero-order valence-electron chi connectivity index (χ0n) is 15.7. The molecule has 25 heavy (non-hydrogen) atoms. The van der Waals surface area contributed by atoms with Gasteiger partial charge in [-0.1, -0.05) is 44.2 Å². The Bertz CT molecular complexity index is 749. The van der Waals surface area contributed by atoms with Gasteiger partial charge in [0, 0.05) is 31.2 Å². The van der Waals surface area contributed by atoms with Crippen LogP contribution in [0.3, 0.4) is 0 Å². The fourth-order valence-electron chi connectivity index (χ4n) is 3.55. The van der Waals surface area contributed by atoms with Gasteiger partial charge in [0.25, 0.3) is 0 Å². The molecule has 3 heteroatoms. The van der Waals surface area contributed by atoms with Crippen molar-refractivity contribution < 1.29 is 4.79 Å². The Morgan fingerprint density at radius 3 is 2.48 bits per heavy atom. The second-order valence-electron chi connectivity index (χ2n) is 7.35. The lowest BCUT2D eigenvalue weighted by Gasteiger charge is -2.34. The van der Waals surface area contributed by atoms with E-state index in [9.17, 15) is 4.79 Å². The Balaban J connectivity index is 1.84. The normalized spacial score (nSPS) is 16.8. The smallest absolute Gasteiger partial charge is 0.224 e. The predicted octanol–water partition coefficient (Wildman–Crippen LogP) is 4.54. The van der Waals surface area contributed by atoms with E-state index in [1.807, 2.05) is 4.90 Å². The lowest BCUT2D eigenvalue weighted by molar-refractivity contribution is -0.117. The van der Waals surface area contributed by atoms with E-state index in [1.165, 1.54) is 22.3 Å². The summed E-state index contributed by atoms with van der Waals surface area (Å²) in [7, 11) is 0. The molecule has 0 radical (unpaired) electrons. The third-order valence-electron chi connectivity index (χ3n) is 4.95. The van der Waals surface area contributed by atoms with Gasteiger partial charge in [-0.25, -0.2) is 0 Å². The standard InChI is InChI=1S/C22H28N2O/c1-15(2)23-14-18-6-9-19(10-7-18)20-11-12-22-21(13-20)8-5-16(3)24(22)17(4)25/h6-7,9-13,15-16,23H,5,8,14H2,1-4H3. The molecular formula is C22H28N2O. The average Bonchev–Trinajstić information content (AvgIpc) is 2.59. The highest BCUT2D eigenvalue weighted by Crippen LogP contribution is 2.34. The molecule has 2 aromatic carbocycles. The summed E-state index contributed by atoms with van der Waals surface area (Å²) in [4.78, 5) is 13.9. The van der Waals surface area contributed by atoms with Crippen molar-refractivity contribution in [2.24, 2.45) is 0 Å². The molecule has 1 N–H and O–H groups in total. The minimum atomic E-state index is 0.128. The maximum Gasteiger partial charge on any atom is 0.224 e. The number of hydrogen-bond donors (Lipinski definition) is 1. The van der Waals surface area contributed by atoms with E-state index in [2.05, 4.69) is 68.6 Å². The van der Waals surface area contributed by atoms with Crippen molar-refractivity contribution in [2.45, 2.75) is 59.2 Å². The maximum atomic E-state index is 12.0. The zero-order valence-corrected chi connectivity index (χ0v) is 15.7. The molecule has 0 bridgehead atoms. The number of carbonyl (C=O) groups is 1. The van der Waals surface area contributed by atoms with E-state index in [1.54, 1.807) is 6.92 Å². The summed E-state index contributed by atoms with van der Waals surface area (Å²) in [6.45, 7) is 9.00. The predicted molar refractivity (Wildman–Crippen MR) is 105 cm³/mol. The van der Waals surface area contributed by atoms with Gasteiger partial charge in [-0.05, 0) is 54.2 Å². The van der Waals surface area contributed by atoms with Crippen LogP contribution in [0.25, 0.3) is 11.1 Å². The second kappa shape index (κ2) is 7.40. The summed E-state index contributed by atoms with van der Waals surface area (Å²) >= 11 is 0. The van der Waals surface area contributed by atoms with Gasteiger partial charge >= 0.3 is 0 Å². The van der Waals surface area contributed by atoms with Crippen molar-refractivity contribution in [1.82, 2.24) is 5.32 Å². The molecule has 1 unspecified atom stereocenters. The molecule has 0 saturated carbocycles. The van der Waals surface area contributed by atoms with Crippen LogP contribution in [0.15, 0.2) is 42.5 Å². The number of carbonyl (C=O) groups excluding carboxylic acids is 1. The fourth-order valence-corrected chi connectivity index (χ4v) is 3.55. The van der Waals surface area contributed by atoms with Crippen molar-refractivity contribution in [3.8, 4) is 11.1 Å². The van der Waals surface area contributed by atoms with E-state index in [4.69, 9.17) is 0 Å². The van der Waals surface area contributed by atoms with Crippen LogP contribution in [0.2, 0.25) is 0 Å². The van der Waals surface area contributed by atoms with Gasteiger partial charge in [-0.3, -0.25) is 4.79 Å². The first kappa shape index (κ1) is 17.7. The number of fused-ring (bicyclic) bond motifs is 1. The number of hydrogen-bond acceptors (Lipinski definition) is 2. The van der Waals surface area contributed by atoms with Gasteiger partial charge in [0.15, 0.2) is 0 Å². The molecule has 0 aromatic heterocycles. The fraction of sp³-hybridized carbons (Fsp3) is 0.409. The highest BCUT2D eigenvalue weighted by molar-refractivity contribution is 5.94. The Hall–Kier alpha value is -2.13. The molecule has 3 rings (SSSR count). The highest BCUT2D eigenvalue weighted by atomic mass is 16.2. The van der Waals surface area contributed by atoms with Crippen LogP contribution in [0.5, 0.6) is 0 Å². The summed E-state index contributed by atoms with van der Waals surface area (Å²) in [6.07, 6.45) is 2.06. The van der Waals surface area contributed by atoms with Crippen molar-refractivity contribution in [1.29, 1.82) is 0 Å². The van der Waals surface area contributed by atoms with Gasteiger partial charge < -0.3 is 10.2 Å². The molecule has 0 spiro atoms. The first-order valence-electron chi connectivity index (χ1n) is 9.21. The van der Waals surface area contributed by atoms with Crippen molar-refractivity contribution in [3.05, 3.63) is 53.6 Å². The monoisotopic (exact) mass is 336 g/mol. The molecular weight excluding hydrogens is 308 g/mol. The van der Waals surface area contributed by atoms with Crippen LogP contribution in [0.1, 0.15) is 45.2 Å². The molecule has 1 aliphatic heterocycles. The summed E-state index contributed by atoms with van der Waals surface area (Å²) in [5.74, 6) is 0.128. The summed E-state index contributed by atoms with van der Waals surface area (Å²) in [5, 5.41) is 3.44. The van der Waals surface area contributed by atoms with Crippen LogP contribution >= 0.6 is 0 Å². The van der Waals surface area contributed by atoms with Gasteiger partial charge in [-0.15, -0.1) is 0 Å². The minimum Gasteiger partial charge on any atom is -0.310 e. The number of rotatable bonds is 4. The largest absolute Gasteiger partial charge is 0.310 e. The van der Waals surface area contributed by atoms with Gasteiger partial charge in [-0.2, -0.15) is 0 Å². The number of nitrogens with zero attached hydrogens (tertiary/aromatic N) is 1. The molecule has 3 nitrogen and oxygen atoms in total. The topological polar surface area (TPSA) is 32.3 Å². The average molecular weight is 336 g/mol. The second-order valence-corrected chi connectivity index (χ2v) is 7.35. The lowest BCUT2D eigenvalue weighted by atomic mass is 9.93. The van der Waals surface area contributed by atoms with Crippen LogP contribution in [0, 0.1) is 0 Å². The highest BCUT2D eigenvalue weighted by Gasteiger charge is 2.26. The third-order valence-corrected chi connectivity index (χ3v) is 4.95. The Morgan fingerprint density at radius 2 is 1.84 bits per heavy atom. The van der Waals surface area contributed by atoms with Crippen molar-refractivity contribution >= 4 is 11.6 Å². The molecule has 2 aromatic rings. The zero-order chi connectivity index (χ0) is 18.0. The van der Waals surface area contributed by atoms with E-state index < -0.39 is 0 Å². The van der Waals surface area contributed by atoms with Gasteiger partial charge in [0.05, 0.1) is 0 Å². The van der Waals surface area contributed by atoms with Crippen molar-refractivity contribution in [3.63, 3.8) is 0 Å². The summed E-state index contributed by atoms with van der Waals surface area (Å²) in [6, 6.07) is 16.0. The first-order chi connectivity index (χ1) is 12.0. The van der Waals surface area contributed by atoms with Gasteiger partial charge in [0.2, 0.25) is 5.91 Å². The number of aryl methyl sites for hydroxylation is 1. The molecule has 1 amide bonds. The number of nitrogens with one attached hydrogen (secondary N) is 1. The molecule has 0 fully saturated rings. The van der Waals surface area contributed by atoms with Crippen molar-refractivity contribution in [2.75, 3.05) is 4.90 Å². The number of amides is 1. The molecule has 1 heterocycles. The third kappa shape index (κ3) is 3.93. The van der Waals surface area contributed by atoms with E-state index in [0.29, 0.717) is 6.04 Å². The molecule has 0 saturated heterocycles. The van der Waals surface area contributed by atoms with E-state index in [0.717, 1.165) is 25.1 Å². The Labute approximate surface area is 151 Å². The SMILES string of the molecule is CC(=O)N1c2ccc(-c3ccc(CNC(C)C)cc3)cc2CCC1C. The minimum absolute atomic E-state index is 0.128. The molecule has 1 atom stereocenters. The summed E-state index contributed by atoms with van der Waals surface area (Å²) < 4.78 is 0. The quantitative estimate of drug-likeness (QED) is 0.889. The molecule has 132 valence electrons. The summed E-state index contributed by atoms with van der Waals surface area (Å²) in [5.41, 5.74) is 6.10. The maximum absolute atomic E-state index is 12.0. The number of benzene rings is 2. The number of anilines is 1. The van der Waals surface area contributed by atoms with Crippen LogP contribution < -0.4 is 10.2 Å². The molecule has 0 aliphatic carbocycles. The Morgan fingerprint density at radius 1 is 1.16 bits per heavy atom. The Kier molecular flexibility index (Phi) is 5.24. The molecule has 1 aliphatic rings. The first-order valence-corrected chi connectivity index (χ1v) is 9.21. The van der Waals surface area contributed by atoms with E-state index in [-0.39, 0.29) is 11.9 Å². The van der Waals surface area contributed by atoms with Crippen LogP contribution in [-0.2, 0) is 17.8 Å². The van der Waals surface area contributed by atoms with Crippen LogP contribution in [0.4, 0.5) is 5.69 Å².